The van der Waals surface area contributed by atoms with Crippen LogP contribution in [-0.2, 0) is 21.9 Å². The summed E-state index contributed by atoms with van der Waals surface area (Å²) in [6.45, 7) is 3.44. The number of aryl methyl sites for hydroxylation is 1. The van der Waals surface area contributed by atoms with E-state index in [-0.39, 0.29) is 16.0 Å². The molecule has 1 aromatic heterocycles. The fraction of sp³-hybridized carbons (Fsp3) is 0.600. The van der Waals surface area contributed by atoms with Crippen LogP contribution in [0.5, 0.6) is 0 Å². The van der Waals surface area contributed by atoms with Crippen molar-refractivity contribution in [2.75, 3.05) is 0 Å². The molecule has 1 aromatic rings. The zero-order valence-corrected chi connectivity index (χ0v) is 12.4. The summed E-state index contributed by atoms with van der Waals surface area (Å²) in [5.74, 6) is -1.57. The fourth-order valence-corrected chi connectivity index (χ4v) is 3.52. The number of nitrogens with one attached hydrogen (secondary N) is 1. The Hall–Kier alpha value is -1.12. The molecule has 0 aliphatic heterocycles. The van der Waals surface area contributed by atoms with Gasteiger partial charge in [-0.05, 0) is 5.92 Å². The van der Waals surface area contributed by atoms with Crippen molar-refractivity contribution in [1.29, 1.82) is 0 Å². The number of hydrogen-bond donors (Lipinski definition) is 2. The Morgan fingerprint density at radius 2 is 2.21 bits per heavy atom. The smallest absolute Gasteiger partial charge is 0.322 e. The lowest BCUT2D eigenvalue weighted by Gasteiger charge is -2.20. The molecule has 1 heterocycles. The summed E-state index contributed by atoms with van der Waals surface area (Å²) in [6.07, 6.45) is 1.72. The standard InChI is InChI=1S/C10H16ClN3O4S/c1-4-6(2)8(10(15)16)13-19(17,18)9-7(11)5-12-14(9)3/h5-6,8,13H,4H2,1-3H3,(H,15,16)/t6?,8-/m0/s1. The van der Waals surface area contributed by atoms with Crippen LogP contribution in [0.15, 0.2) is 11.2 Å². The van der Waals surface area contributed by atoms with E-state index in [1.54, 1.807) is 13.8 Å². The lowest BCUT2D eigenvalue weighted by atomic mass is 10.0. The van der Waals surface area contributed by atoms with Crippen LogP contribution in [0.3, 0.4) is 0 Å². The molecule has 0 amide bonds. The minimum Gasteiger partial charge on any atom is -0.480 e. The number of carboxylic acids is 1. The first-order chi connectivity index (χ1) is 8.70. The normalized spacial score (nSPS) is 15.2. The number of aliphatic carboxylic acids is 1. The Morgan fingerprint density at radius 3 is 2.58 bits per heavy atom. The van der Waals surface area contributed by atoms with E-state index in [1.165, 1.54) is 13.2 Å². The van der Waals surface area contributed by atoms with Crippen molar-refractivity contribution in [3.05, 3.63) is 11.2 Å². The predicted molar refractivity (Wildman–Crippen MR) is 69.4 cm³/mol. The molecule has 0 aliphatic rings. The average molecular weight is 310 g/mol. The number of aromatic nitrogens is 2. The molecular formula is C10H16ClN3O4S. The van der Waals surface area contributed by atoms with Crippen LogP contribution in [0.2, 0.25) is 5.02 Å². The molecule has 2 N–H and O–H groups in total. The van der Waals surface area contributed by atoms with Gasteiger partial charge in [0.05, 0.1) is 11.2 Å². The molecule has 0 fully saturated rings. The van der Waals surface area contributed by atoms with Gasteiger partial charge in [-0.25, -0.2) is 8.42 Å². The van der Waals surface area contributed by atoms with Crippen molar-refractivity contribution in [2.45, 2.75) is 31.3 Å². The van der Waals surface area contributed by atoms with Gasteiger partial charge in [-0.1, -0.05) is 31.9 Å². The van der Waals surface area contributed by atoms with Crippen LogP contribution in [0, 0.1) is 5.92 Å². The van der Waals surface area contributed by atoms with Crippen LogP contribution in [0.1, 0.15) is 20.3 Å². The highest BCUT2D eigenvalue weighted by molar-refractivity contribution is 7.89. The summed E-state index contributed by atoms with van der Waals surface area (Å²) in [5.41, 5.74) is 0. The van der Waals surface area contributed by atoms with Crippen molar-refractivity contribution >= 4 is 27.6 Å². The molecule has 7 nitrogen and oxygen atoms in total. The van der Waals surface area contributed by atoms with Gasteiger partial charge in [0.15, 0.2) is 5.03 Å². The van der Waals surface area contributed by atoms with Crippen LogP contribution in [0.4, 0.5) is 0 Å². The van der Waals surface area contributed by atoms with Gasteiger partial charge in [-0.2, -0.15) is 9.82 Å². The van der Waals surface area contributed by atoms with Crippen LogP contribution in [0.25, 0.3) is 0 Å². The zero-order chi connectivity index (χ0) is 14.8. The maximum atomic E-state index is 12.2. The van der Waals surface area contributed by atoms with Gasteiger partial charge >= 0.3 is 5.97 Å². The number of halogens is 1. The van der Waals surface area contributed by atoms with Crippen molar-refractivity contribution in [3.8, 4) is 0 Å². The molecule has 0 bridgehead atoms. The van der Waals surface area contributed by atoms with E-state index in [4.69, 9.17) is 16.7 Å². The summed E-state index contributed by atoms with van der Waals surface area (Å²) >= 11 is 5.76. The third-order valence-electron chi connectivity index (χ3n) is 2.86. The van der Waals surface area contributed by atoms with Gasteiger partial charge in [-0.15, -0.1) is 0 Å². The molecule has 1 unspecified atom stereocenters. The Kier molecular flexibility index (Phi) is 4.94. The van der Waals surface area contributed by atoms with E-state index in [0.29, 0.717) is 6.42 Å². The Morgan fingerprint density at radius 1 is 1.63 bits per heavy atom. The molecule has 2 atom stereocenters. The van der Waals surface area contributed by atoms with Gasteiger partial charge in [0.1, 0.15) is 6.04 Å². The topological polar surface area (TPSA) is 101 Å². The molecule has 0 radical (unpaired) electrons. The largest absolute Gasteiger partial charge is 0.480 e. The lowest BCUT2D eigenvalue weighted by molar-refractivity contribution is -0.140. The van der Waals surface area contributed by atoms with Crippen molar-refractivity contribution in [2.24, 2.45) is 13.0 Å². The molecule has 0 aromatic carbocycles. The SMILES string of the molecule is CCC(C)[C@H](NS(=O)(=O)c1c(Cl)cnn1C)C(=O)O. The quantitative estimate of drug-likeness (QED) is 0.811. The Bertz CT molecular complexity index is 550. The monoisotopic (exact) mass is 309 g/mol. The first-order valence-corrected chi connectivity index (χ1v) is 7.49. The molecule has 0 aliphatic carbocycles. The Balaban J connectivity index is 3.12. The van der Waals surface area contributed by atoms with Crippen LogP contribution in [-0.4, -0.2) is 35.3 Å². The fourth-order valence-electron chi connectivity index (χ4n) is 1.57. The third-order valence-corrected chi connectivity index (χ3v) is 4.80. The van der Waals surface area contributed by atoms with Crippen LogP contribution < -0.4 is 4.72 Å². The molecule has 0 saturated carbocycles. The summed E-state index contributed by atoms with van der Waals surface area (Å²) in [5, 5.41) is 12.5. The van der Waals surface area contributed by atoms with Crippen molar-refractivity contribution in [3.63, 3.8) is 0 Å². The zero-order valence-electron chi connectivity index (χ0n) is 10.8. The van der Waals surface area contributed by atoms with Gasteiger partial charge in [0.2, 0.25) is 0 Å². The maximum Gasteiger partial charge on any atom is 0.322 e. The first kappa shape index (κ1) is 15.9. The molecule has 9 heteroatoms. The van der Waals surface area contributed by atoms with E-state index in [9.17, 15) is 13.2 Å². The number of carbonyl (C=O) groups is 1. The summed E-state index contributed by atoms with van der Waals surface area (Å²) in [6, 6.07) is -1.21. The van der Waals surface area contributed by atoms with Crippen LogP contribution >= 0.6 is 11.6 Å². The maximum absolute atomic E-state index is 12.2. The molecule has 108 valence electrons. The second kappa shape index (κ2) is 5.89. The molecule has 1 rings (SSSR count). The second-order valence-electron chi connectivity index (χ2n) is 4.24. The molecular weight excluding hydrogens is 294 g/mol. The molecule has 0 saturated heterocycles. The minimum atomic E-state index is -4.04. The predicted octanol–water partition coefficient (Wildman–Crippen LogP) is 0.851. The summed E-state index contributed by atoms with van der Waals surface area (Å²) in [4.78, 5) is 11.1. The van der Waals surface area contributed by atoms with Gasteiger partial charge in [-0.3, -0.25) is 9.48 Å². The number of nitrogens with zero attached hydrogens (tertiary/aromatic N) is 2. The van der Waals surface area contributed by atoms with Gasteiger partial charge in [0, 0.05) is 7.05 Å². The summed E-state index contributed by atoms with van der Waals surface area (Å²) < 4.78 is 27.5. The average Bonchev–Trinajstić information content (AvgIpc) is 2.65. The highest BCUT2D eigenvalue weighted by Gasteiger charge is 2.32. The third kappa shape index (κ3) is 3.46. The van der Waals surface area contributed by atoms with E-state index in [0.717, 1.165) is 4.68 Å². The highest BCUT2D eigenvalue weighted by atomic mass is 35.5. The lowest BCUT2D eigenvalue weighted by Crippen LogP contribution is -2.45. The molecule has 0 spiro atoms. The number of carboxylic acid groups (broad SMARTS) is 1. The first-order valence-electron chi connectivity index (χ1n) is 5.63. The van der Waals surface area contributed by atoms with Crippen molar-refractivity contribution in [1.82, 2.24) is 14.5 Å². The van der Waals surface area contributed by atoms with Gasteiger partial charge in [0.25, 0.3) is 10.0 Å². The minimum absolute atomic E-state index is 0.0525. The van der Waals surface area contributed by atoms with E-state index >= 15 is 0 Å². The highest BCUT2D eigenvalue weighted by Crippen LogP contribution is 2.21. The van der Waals surface area contributed by atoms with E-state index in [1.807, 2.05) is 0 Å². The van der Waals surface area contributed by atoms with Gasteiger partial charge < -0.3 is 5.11 Å². The number of hydrogen-bond acceptors (Lipinski definition) is 4. The Labute approximate surface area is 116 Å². The van der Waals surface area contributed by atoms with Crippen molar-refractivity contribution < 1.29 is 18.3 Å². The molecule has 19 heavy (non-hydrogen) atoms. The number of rotatable bonds is 6. The summed E-state index contributed by atoms with van der Waals surface area (Å²) in [7, 11) is -2.62. The van der Waals surface area contributed by atoms with E-state index in [2.05, 4.69) is 9.82 Å². The second-order valence-corrected chi connectivity index (χ2v) is 6.28. The number of sulfonamides is 1. The van der Waals surface area contributed by atoms with E-state index < -0.39 is 22.0 Å².